The van der Waals surface area contributed by atoms with E-state index in [1.807, 2.05) is 31.2 Å². The first-order valence-electron chi connectivity index (χ1n) is 9.77. The molecule has 1 aliphatic rings. The van der Waals surface area contributed by atoms with E-state index in [0.29, 0.717) is 42.1 Å². The Morgan fingerprint density at radius 1 is 1.17 bits per heavy atom. The van der Waals surface area contributed by atoms with E-state index in [1.165, 1.54) is 0 Å². The summed E-state index contributed by atoms with van der Waals surface area (Å²) in [5, 5.41) is 3.53. The Kier molecular flexibility index (Phi) is 5.46. The fraction of sp³-hybridized carbons (Fsp3) is 0.318. The van der Waals surface area contributed by atoms with E-state index < -0.39 is 0 Å². The Bertz CT molecular complexity index is 1090. The molecule has 7 nitrogen and oxygen atoms in total. The van der Waals surface area contributed by atoms with Crippen LogP contribution in [0.1, 0.15) is 37.2 Å². The first-order chi connectivity index (χ1) is 14.1. The van der Waals surface area contributed by atoms with Crippen molar-refractivity contribution in [2.75, 3.05) is 13.2 Å². The third-order valence-electron chi connectivity index (χ3n) is 4.90. The van der Waals surface area contributed by atoms with E-state index in [1.54, 1.807) is 18.2 Å². The number of carbonyl (C=O) groups is 1. The van der Waals surface area contributed by atoms with E-state index in [0.717, 1.165) is 17.7 Å². The van der Waals surface area contributed by atoms with E-state index in [2.05, 4.69) is 15.3 Å². The van der Waals surface area contributed by atoms with Crippen LogP contribution >= 0.6 is 0 Å². The van der Waals surface area contributed by atoms with Crippen molar-refractivity contribution in [3.8, 4) is 11.5 Å². The second-order valence-electron chi connectivity index (χ2n) is 7.08. The van der Waals surface area contributed by atoms with Crippen molar-refractivity contribution >= 4 is 16.8 Å². The maximum Gasteiger partial charge on any atom is 0.258 e. The van der Waals surface area contributed by atoms with Gasteiger partial charge in [0, 0.05) is 19.3 Å². The maximum absolute atomic E-state index is 12.4. The molecule has 0 fully saturated rings. The monoisotopic (exact) mass is 393 g/mol. The Labute approximate surface area is 168 Å². The van der Waals surface area contributed by atoms with Gasteiger partial charge in [0.25, 0.3) is 5.56 Å². The molecule has 29 heavy (non-hydrogen) atoms. The average molecular weight is 393 g/mol. The molecule has 1 atom stereocenters. The minimum absolute atomic E-state index is 0.111. The number of aromatic amines is 1. The van der Waals surface area contributed by atoms with Gasteiger partial charge in [-0.15, -0.1) is 0 Å². The molecule has 1 aliphatic heterocycles. The molecule has 0 spiro atoms. The summed E-state index contributed by atoms with van der Waals surface area (Å²) in [5.41, 5.74) is 1.39. The summed E-state index contributed by atoms with van der Waals surface area (Å²) >= 11 is 0. The number of H-pyrrole nitrogens is 1. The summed E-state index contributed by atoms with van der Waals surface area (Å²) in [7, 11) is 0. The van der Waals surface area contributed by atoms with Gasteiger partial charge in [0.05, 0.1) is 30.2 Å². The van der Waals surface area contributed by atoms with Gasteiger partial charge >= 0.3 is 0 Å². The first kappa shape index (κ1) is 19.0. The number of nitrogens with one attached hydrogen (secondary N) is 2. The largest absolute Gasteiger partial charge is 0.490 e. The number of amides is 1. The highest BCUT2D eigenvalue weighted by molar-refractivity contribution is 5.78. The molecule has 2 N–H and O–H groups in total. The Hall–Kier alpha value is -3.35. The third kappa shape index (κ3) is 4.39. The maximum atomic E-state index is 12.4. The van der Waals surface area contributed by atoms with Gasteiger partial charge in [-0.1, -0.05) is 18.2 Å². The van der Waals surface area contributed by atoms with Crippen LogP contribution in [-0.4, -0.2) is 29.1 Å². The Morgan fingerprint density at radius 2 is 1.97 bits per heavy atom. The van der Waals surface area contributed by atoms with Crippen molar-refractivity contribution in [1.82, 2.24) is 15.3 Å². The summed E-state index contributed by atoms with van der Waals surface area (Å²) < 4.78 is 11.4. The summed E-state index contributed by atoms with van der Waals surface area (Å²) in [6.45, 7) is 3.19. The zero-order chi connectivity index (χ0) is 20.2. The SMILES string of the molecule is CC(NC(=O)CCc1nc2ccccc2c(=O)[nH]1)c1ccc2c(c1)OCCCO2. The van der Waals surface area contributed by atoms with Gasteiger partial charge in [-0.2, -0.15) is 0 Å². The van der Waals surface area contributed by atoms with Gasteiger partial charge in [-0.25, -0.2) is 4.98 Å². The molecule has 1 amide bonds. The van der Waals surface area contributed by atoms with Crippen LogP contribution in [0, 0.1) is 0 Å². The number of aromatic nitrogens is 2. The van der Waals surface area contributed by atoms with Gasteiger partial charge in [-0.05, 0) is 36.8 Å². The van der Waals surface area contributed by atoms with Crippen molar-refractivity contribution in [1.29, 1.82) is 0 Å². The van der Waals surface area contributed by atoms with Crippen molar-refractivity contribution in [2.45, 2.75) is 32.2 Å². The number of hydrogen-bond acceptors (Lipinski definition) is 5. The van der Waals surface area contributed by atoms with Gasteiger partial charge in [0.1, 0.15) is 5.82 Å². The number of para-hydroxylation sites is 1. The van der Waals surface area contributed by atoms with Crippen LogP contribution in [-0.2, 0) is 11.2 Å². The lowest BCUT2D eigenvalue weighted by atomic mass is 10.1. The van der Waals surface area contributed by atoms with Gasteiger partial charge in [0.15, 0.2) is 11.5 Å². The van der Waals surface area contributed by atoms with E-state index in [-0.39, 0.29) is 23.9 Å². The van der Waals surface area contributed by atoms with Crippen LogP contribution in [0.25, 0.3) is 10.9 Å². The zero-order valence-corrected chi connectivity index (χ0v) is 16.2. The fourth-order valence-corrected chi connectivity index (χ4v) is 3.33. The second kappa shape index (κ2) is 8.34. The molecule has 0 saturated carbocycles. The molecular formula is C22H23N3O4. The average Bonchev–Trinajstić information content (AvgIpc) is 2.97. The van der Waals surface area contributed by atoms with Crippen molar-refractivity contribution in [2.24, 2.45) is 0 Å². The van der Waals surface area contributed by atoms with Crippen LogP contribution in [0.15, 0.2) is 47.3 Å². The fourth-order valence-electron chi connectivity index (χ4n) is 3.33. The predicted octanol–water partition coefficient (Wildman–Crippen LogP) is 2.89. The minimum atomic E-state index is -0.188. The minimum Gasteiger partial charge on any atom is -0.490 e. The molecule has 1 aromatic heterocycles. The molecular weight excluding hydrogens is 370 g/mol. The van der Waals surface area contributed by atoms with Crippen molar-refractivity contribution in [3.05, 3.63) is 64.2 Å². The number of ether oxygens (including phenoxy) is 2. The molecule has 0 saturated heterocycles. The van der Waals surface area contributed by atoms with Crippen LogP contribution < -0.4 is 20.3 Å². The molecule has 2 aromatic carbocycles. The van der Waals surface area contributed by atoms with Crippen LogP contribution in [0.3, 0.4) is 0 Å². The summed E-state index contributed by atoms with van der Waals surface area (Å²) in [6.07, 6.45) is 1.44. The third-order valence-corrected chi connectivity index (χ3v) is 4.90. The molecule has 1 unspecified atom stereocenters. The lowest BCUT2D eigenvalue weighted by Gasteiger charge is -2.16. The number of fused-ring (bicyclic) bond motifs is 2. The molecule has 0 radical (unpaired) electrons. The number of aryl methyl sites for hydroxylation is 1. The summed E-state index contributed by atoms with van der Waals surface area (Å²) in [4.78, 5) is 31.7. The number of benzene rings is 2. The van der Waals surface area contributed by atoms with Gasteiger partial charge in [-0.3, -0.25) is 9.59 Å². The summed E-state index contributed by atoms with van der Waals surface area (Å²) in [5.74, 6) is 1.84. The smallest absolute Gasteiger partial charge is 0.258 e. The Balaban J connectivity index is 1.38. The van der Waals surface area contributed by atoms with E-state index in [4.69, 9.17) is 9.47 Å². The topological polar surface area (TPSA) is 93.3 Å². The lowest BCUT2D eigenvalue weighted by molar-refractivity contribution is -0.121. The highest BCUT2D eigenvalue weighted by atomic mass is 16.5. The Morgan fingerprint density at radius 3 is 2.83 bits per heavy atom. The predicted molar refractivity (Wildman–Crippen MR) is 109 cm³/mol. The summed E-state index contributed by atoms with van der Waals surface area (Å²) in [6, 6.07) is 12.7. The van der Waals surface area contributed by atoms with Crippen molar-refractivity contribution < 1.29 is 14.3 Å². The molecule has 0 bridgehead atoms. The molecule has 0 aliphatic carbocycles. The molecule has 3 aromatic rings. The number of nitrogens with zero attached hydrogens (tertiary/aromatic N) is 1. The second-order valence-corrected chi connectivity index (χ2v) is 7.08. The first-order valence-corrected chi connectivity index (χ1v) is 9.77. The van der Waals surface area contributed by atoms with Crippen LogP contribution in [0.2, 0.25) is 0 Å². The van der Waals surface area contributed by atoms with Gasteiger partial charge in [0.2, 0.25) is 5.91 Å². The highest BCUT2D eigenvalue weighted by Gasteiger charge is 2.15. The molecule has 2 heterocycles. The lowest BCUT2D eigenvalue weighted by Crippen LogP contribution is -2.27. The van der Waals surface area contributed by atoms with Gasteiger partial charge < -0.3 is 19.8 Å². The number of carbonyl (C=O) groups excluding carboxylic acids is 1. The zero-order valence-electron chi connectivity index (χ0n) is 16.2. The number of rotatable bonds is 5. The van der Waals surface area contributed by atoms with Crippen LogP contribution in [0.5, 0.6) is 11.5 Å². The number of hydrogen-bond donors (Lipinski definition) is 2. The van der Waals surface area contributed by atoms with E-state index >= 15 is 0 Å². The highest BCUT2D eigenvalue weighted by Crippen LogP contribution is 2.32. The standard InChI is InChI=1S/C22H23N3O4/c1-14(15-7-8-18-19(13-15)29-12-4-11-28-18)23-21(26)10-9-20-24-17-6-3-2-5-16(17)22(27)25-20/h2-3,5-8,13-14H,4,9-12H2,1H3,(H,23,26)(H,24,25,27). The van der Waals surface area contributed by atoms with E-state index in [9.17, 15) is 9.59 Å². The molecule has 4 rings (SSSR count). The quantitative estimate of drug-likeness (QED) is 0.695. The molecule has 7 heteroatoms. The van der Waals surface area contributed by atoms with Crippen molar-refractivity contribution in [3.63, 3.8) is 0 Å². The molecule has 150 valence electrons. The normalized spacial score (nSPS) is 14.2. The van der Waals surface area contributed by atoms with Crippen LogP contribution in [0.4, 0.5) is 0 Å².